The minimum atomic E-state index is -0.428. The Morgan fingerprint density at radius 1 is 1.10 bits per heavy atom. The minimum absolute atomic E-state index is 0.0445. The smallest absolute Gasteiger partial charge is 0.319 e. The normalized spacial score (nSPS) is 10.4. The van der Waals surface area contributed by atoms with Gasteiger partial charge in [-0.25, -0.2) is 4.79 Å². The van der Waals surface area contributed by atoms with E-state index in [9.17, 15) is 4.79 Å². The van der Waals surface area contributed by atoms with Crippen molar-refractivity contribution in [3.8, 4) is 28.6 Å². The molecular weight excluding hydrogens is 412 g/mol. The molecule has 2 amide bonds. The summed E-state index contributed by atoms with van der Waals surface area (Å²) in [7, 11) is 4.56. The van der Waals surface area contributed by atoms with Crippen LogP contribution in [0.3, 0.4) is 0 Å². The Kier molecular flexibility index (Phi) is 6.63. The number of anilines is 1. The fourth-order valence-electron chi connectivity index (χ4n) is 2.66. The quantitative estimate of drug-likeness (QED) is 0.579. The van der Waals surface area contributed by atoms with E-state index in [2.05, 4.69) is 20.8 Å². The molecule has 0 spiro atoms. The number of nitrogens with one attached hydrogen (secondary N) is 2. The molecule has 2 N–H and O–H groups in total. The van der Waals surface area contributed by atoms with E-state index in [1.165, 1.54) is 21.3 Å². The van der Waals surface area contributed by atoms with E-state index in [0.717, 1.165) is 5.56 Å². The zero-order valence-electron chi connectivity index (χ0n) is 16.9. The van der Waals surface area contributed by atoms with Gasteiger partial charge in [-0.1, -0.05) is 22.8 Å². The van der Waals surface area contributed by atoms with Gasteiger partial charge in [-0.15, -0.1) is 0 Å². The van der Waals surface area contributed by atoms with Crippen LogP contribution in [0.2, 0.25) is 5.02 Å². The molecule has 2 aromatic carbocycles. The van der Waals surface area contributed by atoms with Crippen molar-refractivity contribution in [1.29, 1.82) is 0 Å². The van der Waals surface area contributed by atoms with Crippen molar-refractivity contribution in [3.05, 3.63) is 46.8 Å². The van der Waals surface area contributed by atoms with Crippen LogP contribution in [0.15, 0.2) is 34.9 Å². The number of hydrogen-bond acceptors (Lipinski definition) is 7. The maximum atomic E-state index is 12.1. The molecule has 9 nitrogen and oxygen atoms in total. The molecule has 0 saturated heterocycles. The second-order valence-corrected chi connectivity index (χ2v) is 6.60. The molecule has 0 bridgehead atoms. The number of hydrogen-bond donors (Lipinski definition) is 2. The third-order valence-corrected chi connectivity index (χ3v) is 4.63. The number of methoxy groups -OCH3 is 3. The molecule has 1 aromatic heterocycles. The van der Waals surface area contributed by atoms with E-state index < -0.39 is 6.03 Å². The fourth-order valence-corrected chi connectivity index (χ4v) is 2.84. The summed E-state index contributed by atoms with van der Waals surface area (Å²) in [6.07, 6.45) is 0. The predicted molar refractivity (Wildman–Crippen MR) is 111 cm³/mol. The lowest BCUT2D eigenvalue weighted by Gasteiger charge is -2.12. The van der Waals surface area contributed by atoms with Gasteiger partial charge in [0.25, 0.3) is 0 Å². The highest BCUT2D eigenvalue weighted by Gasteiger charge is 2.17. The number of amides is 2. The zero-order chi connectivity index (χ0) is 21.7. The molecule has 0 aliphatic carbocycles. The van der Waals surface area contributed by atoms with Crippen molar-refractivity contribution >= 4 is 23.3 Å². The summed E-state index contributed by atoms with van der Waals surface area (Å²) in [6.45, 7) is 1.93. The third-order valence-electron chi connectivity index (χ3n) is 4.22. The largest absolute Gasteiger partial charge is 0.493 e. The van der Waals surface area contributed by atoms with Crippen molar-refractivity contribution in [2.45, 2.75) is 13.5 Å². The van der Waals surface area contributed by atoms with E-state index in [1.807, 2.05) is 13.0 Å². The lowest BCUT2D eigenvalue weighted by atomic mass is 10.1. The Balaban J connectivity index is 1.68. The second kappa shape index (κ2) is 9.36. The van der Waals surface area contributed by atoms with Crippen LogP contribution < -0.4 is 24.8 Å². The average molecular weight is 433 g/mol. The van der Waals surface area contributed by atoms with Crippen molar-refractivity contribution < 1.29 is 23.5 Å². The highest BCUT2D eigenvalue weighted by Crippen LogP contribution is 2.40. The highest BCUT2D eigenvalue weighted by molar-refractivity contribution is 6.31. The topological polar surface area (TPSA) is 108 Å². The number of ether oxygens (including phenoxy) is 3. The number of nitrogens with zero attached hydrogens (tertiary/aromatic N) is 2. The van der Waals surface area contributed by atoms with Gasteiger partial charge in [0.1, 0.15) is 0 Å². The molecule has 0 unspecified atom stereocenters. The summed E-state index contributed by atoms with van der Waals surface area (Å²) in [5, 5.41) is 9.86. The van der Waals surface area contributed by atoms with Gasteiger partial charge >= 0.3 is 6.03 Å². The van der Waals surface area contributed by atoms with E-state index in [0.29, 0.717) is 39.3 Å². The predicted octanol–water partition coefficient (Wildman–Crippen LogP) is 4.05. The summed E-state index contributed by atoms with van der Waals surface area (Å²) in [5.74, 6) is 1.94. The summed E-state index contributed by atoms with van der Waals surface area (Å²) in [4.78, 5) is 16.4. The SMILES string of the molecule is COc1cc(-c2noc(CNC(=O)Nc3ccc(C)c(Cl)c3)n2)cc(OC)c1OC. The van der Waals surface area contributed by atoms with Crippen LogP contribution in [-0.2, 0) is 6.54 Å². The van der Waals surface area contributed by atoms with Crippen molar-refractivity contribution in [1.82, 2.24) is 15.5 Å². The first kappa shape index (κ1) is 21.3. The van der Waals surface area contributed by atoms with Crippen LogP contribution in [0, 0.1) is 6.92 Å². The van der Waals surface area contributed by atoms with E-state index >= 15 is 0 Å². The summed E-state index contributed by atoms with van der Waals surface area (Å²) < 4.78 is 21.2. The molecular formula is C20H21ClN4O5. The van der Waals surface area contributed by atoms with Gasteiger partial charge in [-0.2, -0.15) is 4.98 Å². The maximum Gasteiger partial charge on any atom is 0.319 e. The fraction of sp³-hybridized carbons (Fsp3) is 0.250. The number of carbonyl (C=O) groups excluding carboxylic acids is 1. The number of rotatable bonds is 7. The standard InChI is InChI=1S/C20H21ClN4O5/c1-11-5-6-13(9-14(11)21)23-20(26)22-10-17-24-19(25-30-17)12-7-15(27-2)18(29-4)16(8-12)28-3/h5-9H,10H2,1-4H3,(H2,22,23,26). The molecule has 1 heterocycles. The van der Waals surface area contributed by atoms with Crippen molar-refractivity contribution in [2.75, 3.05) is 26.6 Å². The molecule has 30 heavy (non-hydrogen) atoms. The lowest BCUT2D eigenvalue weighted by molar-refractivity contribution is 0.249. The number of carbonyl (C=O) groups is 1. The Morgan fingerprint density at radius 3 is 2.40 bits per heavy atom. The Morgan fingerprint density at radius 2 is 1.80 bits per heavy atom. The second-order valence-electron chi connectivity index (χ2n) is 6.20. The van der Waals surface area contributed by atoms with Crippen molar-refractivity contribution in [3.63, 3.8) is 0 Å². The number of urea groups is 1. The molecule has 0 atom stereocenters. The average Bonchev–Trinajstić information content (AvgIpc) is 3.23. The van der Waals surface area contributed by atoms with E-state index in [1.54, 1.807) is 24.3 Å². The first-order valence-electron chi connectivity index (χ1n) is 8.89. The van der Waals surface area contributed by atoms with Crippen LogP contribution in [0.25, 0.3) is 11.4 Å². The molecule has 0 aliphatic rings. The molecule has 3 rings (SSSR count). The van der Waals surface area contributed by atoms with Gasteiger partial charge in [0.05, 0.1) is 27.9 Å². The summed E-state index contributed by atoms with van der Waals surface area (Å²) in [6, 6.07) is 8.23. The maximum absolute atomic E-state index is 12.1. The summed E-state index contributed by atoms with van der Waals surface area (Å²) >= 11 is 6.06. The number of halogens is 1. The van der Waals surface area contributed by atoms with Gasteiger partial charge in [-0.05, 0) is 36.8 Å². The Hall–Kier alpha value is -3.46. The third kappa shape index (κ3) is 4.74. The van der Waals surface area contributed by atoms with Crippen LogP contribution in [0.5, 0.6) is 17.2 Å². The summed E-state index contributed by atoms with van der Waals surface area (Å²) in [5.41, 5.74) is 2.11. The molecule has 158 valence electrons. The zero-order valence-corrected chi connectivity index (χ0v) is 17.7. The Labute approximate surface area is 178 Å². The first-order chi connectivity index (χ1) is 14.4. The van der Waals surface area contributed by atoms with Gasteiger partial charge < -0.3 is 29.4 Å². The highest BCUT2D eigenvalue weighted by atomic mass is 35.5. The lowest BCUT2D eigenvalue weighted by Crippen LogP contribution is -2.28. The van der Waals surface area contributed by atoms with Crippen LogP contribution >= 0.6 is 11.6 Å². The van der Waals surface area contributed by atoms with Crippen LogP contribution in [-0.4, -0.2) is 37.5 Å². The first-order valence-corrected chi connectivity index (χ1v) is 9.27. The minimum Gasteiger partial charge on any atom is -0.493 e. The van der Waals surface area contributed by atoms with E-state index in [4.69, 9.17) is 30.3 Å². The van der Waals surface area contributed by atoms with Gasteiger partial charge in [0, 0.05) is 16.3 Å². The monoisotopic (exact) mass is 432 g/mol. The van der Waals surface area contributed by atoms with Crippen LogP contribution in [0.1, 0.15) is 11.5 Å². The van der Waals surface area contributed by atoms with Crippen molar-refractivity contribution in [2.24, 2.45) is 0 Å². The van der Waals surface area contributed by atoms with Gasteiger partial charge in [0.15, 0.2) is 11.5 Å². The van der Waals surface area contributed by atoms with E-state index in [-0.39, 0.29) is 12.4 Å². The molecule has 10 heteroatoms. The number of aromatic nitrogens is 2. The Bertz CT molecular complexity index is 1030. The number of aryl methyl sites for hydroxylation is 1. The molecule has 0 radical (unpaired) electrons. The van der Waals surface area contributed by atoms with Gasteiger partial charge in [-0.3, -0.25) is 0 Å². The van der Waals surface area contributed by atoms with Crippen LogP contribution in [0.4, 0.5) is 10.5 Å². The van der Waals surface area contributed by atoms with Gasteiger partial charge in [0.2, 0.25) is 17.5 Å². The number of benzene rings is 2. The molecule has 0 saturated carbocycles. The molecule has 0 fully saturated rings. The molecule has 0 aliphatic heterocycles. The molecule has 3 aromatic rings.